The van der Waals surface area contributed by atoms with Crippen molar-refractivity contribution < 1.29 is 19.1 Å². The van der Waals surface area contributed by atoms with Crippen LogP contribution in [0.3, 0.4) is 0 Å². The van der Waals surface area contributed by atoms with Crippen molar-refractivity contribution in [3.63, 3.8) is 0 Å². The van der Waals surface area contributed by atoms with E-state index >= 15 is 0 Å². The Hall–Kier alpha value is -3.98. The van der Waals surface area contributed by atoms with Gasteiger partial charge in [0.15, 0.2) is 5.82 Å². The molecule has 0 bridgehead atoms. The number of hydrogen-bond acceptors (Lipinski definition) is 7. The fourth-order valence-electron chi connectivity index (χ4n) is 5.01. The Kier molecular flexibility index (Phi) is 7.55. The van der Waals surface area contributed by atoms with E-state index in [9.17, 15) is 9.59 Å². The van der Waals surface area contributed by atoms with E-state index < -0.39 is 0 Å². The van der Waals surface area contributed by atoms with Crippen LogP contribution in [0.2, 0.25) is 0 Å². The van der Waals surface area contributed by atoms with Crippen molar-refractivity contribution in [1.82, 2.24) is 14.9 Å². The smallest absolute Gasteiger partial charge is 0.338 e. The van der Waals surface area contributed by atoms with Crippen LogP contribution in [0.15, 0.2) is 54.6 Å². The number of anilines is 2. The molecular formula is C29H33N5O4. The number of esters is 1. The minimum Gasteiger partial charge on any atom is -0.462 e. The molecule has 1 fully saturated rings. The number of nitrogens with zero attached hydrogens (tertiary/aromatic N) is 4. The first kappa shape index (κ1) is 25.7. The monoisotopic (exact) mass is 515 g/mol. The second-order valence-corrected chi connectivity index (χ2v) is 9.72. The minimum atomic E-state index is -0.382. The highest BCUT2D eigenvalue weighted by molar-refractivity contribution is 5.92. The average Bonchev–Trinajstić information content (AvgIpc) is 2.92. The number of hydrogen-bond donors (Lipinski definition) is 1. The standard InChI is InChI=1S/C29H33N5O4/c1-4-37-28(35)22-10-12-23(13-11-22)30-29(36)33-15-14-25-24(18-33)27(34-16-19(2)38-20(3)17-34)32-26(31-25)21-8-6-5-7-9-21/h5-13,19-20H,4,14-18H2,1-3H3,(H,30,36). The number of benzene rings is 2. The van der Waals surface area contributed by atoms with Gasteiger partial charge in [-0.05, 0) is 45.0 Å². The summed E-state index contributed by atoms with van der Waals surface area (Å²) in [7, 11) is 0. The number of amides is 2. The second-order valence-electron chi connectivity index (χ2n) is 9.72. The van der Waals surface area contributed by atoms with Gasteiger partial charge in [0.2, 0.25) is 0 Å². The van der Waals surface area contributed by atoms with Crippen LogP contribution in [0.1, 0.15) is 42.4 Å². The summed E-state index contributed by atoms with van der Waals surface area (Å²) < 4.78 is 11.0. The highest BCUT2D eigenvalue weighted by atomic mass is 16.5. The second kappa shape index (κ2) is 11.2. The molecule has 2 atom stereocenters. The van der Waals surface area contributed by atoms with E-state index in [0.717, 1.165) is 35.7 Å². The number of rotatable bonds is 5. The molecule has 0 radical (unpaired) electrons. The van der Waals surface area contributed by atoms with Gasteiger partial charge < -0.3 is 24.6 Å². The number of fused-ring (bicyclic) bond motifs is 1. The lowest BCUT2D eigenvalue weighted by atomic mass is 10.0. The van der Waals surface area contributed by atoms with Gasteiger partial charge in [0.1, 0.15) is 5.82 Å². The van der Waals surface area contributed by atoms with Gasteiger partial charge in [0.05, 0.1) is 36.6 Å². The summed E-state index contributed by atoms with van der Waals surface area (Å²) in [5.41, 5.74) is 3.98. The molecule has 2 aliphatic rings. The zero-order valence-corrected chi connectivity index (χ0v) is 22.0. The van der Waals surface area contributed by atoms with Gasteiger partial charge in [-0.1, -0.05) is 30.3 Å². The summed E-state index contributed by atoms with van der Waals surface area (Å²) in [6.45, 7) is 8.62. The first-order chi connectivity index (χ1) is 18.4. The molecule has 0 spiro atoms. The molecule has 0 saturated carbocycles. The van der Waals surface area contributed by atoms with Gasteiger partial charge >= 0.3 is 12.0 Å². The molecule has 198 valence electrons. The summed E-state index contributed by atoms with van der Waals surface area (Å²) in [6, 6.07) is 16.5. The number of urea groups is 1. The highest BCUT2D eigenvalue weighted by Crippen LogP contribution is 2.31. The van der Waals surface area contributed by atoms with Gasteiger partial charge in [0.25, 0.3) is 0 Å². The number of carbonyl (C=O) groups is 2. The Morgan fingerprint density at radius 3 is 2.42 bits per heavy atom. The number of carbonyl (C=O) groups excluding carboxylic acids is 2. The van der Waals surface area contributed by atoms with E-state index in [1.807, 2.05) is 30.3 Å². The maximum atomic E-state index is 13.2. The number of ether oxygens (including phenoxy) is 2. The van der Waals surface area contributed by atoms with E-state index in [1.165, 1.54) is 0 Å². The largest absolute Gasteiger partial charge is 0.462 e. The van der Waals surface area contributed by atoms with E-state index in [1.54, 1.807) is 36.1 Å². The van der Waals surface area contributed by atoms with Gasteiger partial charge in [-0.15, -0.1) is 0 Å². The van der Waals surface area contributed by atoms with Crippen LogP contribution in [0, 0.1) is 0 Å². The summed E-state index contributed by atoms with van der Waals surface area (Å²) in [4.78, 5) is 39.1. The molecule has 3 aromatic rings. The molecule has 1 saturated heterocycles. The molecule has 1 N–H and O–H groups in total. The molecule has 2 aliphatic heterocycles. The van der Waals surface area contributed by atoms with E-state index in [-0.39, 0.29) is 24.2 Å². The van der Waals surface area contributed by atoms with E-state index in [0.29, 0.717) is 43.2 Å². The Morgan fingerprint density at radius 1 is 1.03 bits per heavy atom. The molecule has 2 amide bonds. The Labute approximate surface area is 222 Å². The lowest BCUT2D eigenvalue weighted by molar-refractivity contribution is -0.00556. The third-order valence-corrected chi connectivity index (χ3v) is 6.72. The lowest BCUT2D eigenvalue weighted by Crippen LogP contribution is -2.47. The summed E-state index contributed by atoms with van der Waals surface area (Å²) >= 11 is 0. The molecule has 9 nitrogen and oxygen atoms in total. The lowest BCUT2D eigenvalue weighted by Gasteiger charge is -2.39. The van der Waals surface area contributed by atoms with Gasteiger partial charge in [-0.2, -0.15) is 0 Å². The van der Waals surface area contributed by atoms with Crippen LogP contribution in [0.25, 0.3) is 11.4 Å². The molecule has 38 heavy (non-hydrogen) atoms. The SMILES string of the molecule is CCOC(=O)c1ccc(NC(=O)N2CCc3nc(-c4ccccc4)nc(N4CC(C)OC(C)C4)c3C2)cc1. The van der Waals surface area contributed by atoms with E-state index in [2.05, 4.69) is 24.1 Å². The minimum absolute atomic E-state index is 0.0742. The zero-order chi connectivity index (χ0) is 26.6. The van der Waals surface area contributed by atoms with Crippen LogP contribution in [-0.2, 0) is 22.4 Å². The molecule has 3 heterocycles. The molecule has 2 aromatic carbocycles. The summed E-state index contributed by atoms with van der Waals surface area (Å²) in [6.07, 6.45) is 0.783. The van der Waals surface area contributed by atoms with Crippen molar-refractivity contribution in [1.29, 1.82) is 0 Å². The van der Waals surface area contributed by atoms with Crippen LogP contribution in [0.5, 0.6) is 0 Å². The average molecular weight is 516 g/mol. The Balaban J connectivity index is 1.39. The summed E-state index contributed by atoms with van der Waals surface area (Å²) in [5.74, 6) is 1.19. The van der Waals surface area contributed by atoms with Crippen LogP contribution >= 0.6 is 0 Å². The van der Waals surface area contributed by atoms with E-state index in [4.69, 9.17) is 19.4 Å². The third-order valence-electron chi connectivity index (χ3n) is 6.72. The van der Waals surface area contributed by atoms with Crippen LogP contribution in [0.4, 0.5) is 16.3 Å². The highest BCUT2D eigenvalue weighted by Gasteiger charge is 2.31. The predicted molar refractivity (Wildman–Crippen MR) is 145 cm³/mol. The van der Waals surface area contributed by atoms with Crippen LogP contribution in [-0.4, -0.2) is 65.3 Å². The first-order valence-corrected chi connectivity index (χ1v) is 13.1. The van der Waals surface area contributed by atoms with Crippen LogP contribution < -0.4 is 10.2 Å². The van der Waals surface area contributed by atoms with Crippen molar-refractivity contribution in [2.45, 2.75) is 45.9 Å². The normalized spacial score (nSPS) is 19.0. The predicted octanol–water partition coefficient (Wildman–Crippen LogP) is 4.52. The topological polar surface area (TPSA) is 96.9 Å². The molecule has 2 unspecified atom stereocenters. The van der Waals surface area contributed by atoms with Gasteiger partial charge in [-0.3, -0.25) is 0 Å². The van der Waals surface area contributed by atoms with Crippen molar-refractivity contribution in [2.75, 3.05) is 36.5 Å². The van der Waals surface area contributed by atoms with Crippen molar-refractivity contribution >= 4 is 23.5 Å². The number of aromatic nitrogens is 2. The Bertz CT molecular complexity index is 1290. The quantitative estimate of drug-likeness (QED) is 0.499. The molecule has 1 aromatic heterocycles. The summed E-state index contributed by atoms with van der Waals surface area (Å²) in [5, 5.41) is 2.95. The maximum Gasteiger partial charge on any atom is 0.338 e. The fourth-order valence-corrected chi connectivity index (χ4v) is 5.01. The molecular weight excluding hydrogens is 482 g/mol. The van der Waals surface area contributed by atoms with Crippen molar-refractivity contribution in [2.24, 2.45) is 0 Å². The molecule has 0 aliphatic carbocycles. The fraction of sp³-hybridized carbons (Fsp3) is 0.379. The Morgan fingerprint density at radius 2 is 1.74 bits per heavy atom. The molecule has 9 heteroatoms. The van der Waals surface area contributed by atoms with Gasteiger partial charge in [0, 0.05) is 42.9 Å². The molecule has 5 rings (SSSR count). The van der Waals surface area contributed by atoms with Gasteiger partial charge in [-0.25, -0.2) is 19.6 Å². The van der Waals surface area contributed by atoms with Crippen molar-refractivity contribution in [3.05, 3.63) is 71.4 Å². The first-order valence-electron chi connectivity index (χ1n) is 13.1. The third kappa shape index (κ3) is 5.62. The maximum absolute atomic E-state index is 13.2. The number of nitrogens with one attached hydrogen (secondary N) is 1. The van der Waals surface area contributed by atoms with Crippen molar-refractivity contribution in [3.8, 4) is 11.4 Å². The zero-order valence-electron chi connectivity index (χ0n) is 22.0. The number of morpholine rings is 1.